The van der Waals surface area contributed by atoms with Crippen LogP contribution in [0.2, 0.25) is 0 Å². The van der Waals surface area contributed by atoms with Crippen LogP contribution >= 0.6 is 0 Å². The molecule has 2 aromatic rings. The quantitative estimate of drug-likeness (QED) is 0.603. The molecule has 0 spiro atoms. The van der Waals surface area contributed by atoms with Crippen molar-refractivity contribution in [1.29, 1.82) is 0 Å². The Morgan fingerprint density at radius 2 is 1.67 bits per heavy atom. The Hall–Kier alpha value is -2.06. The van der Waals surface area contributed by atoms with E-state index in [1.165, 1.54) is 0 Å². The minimum absolute atomic E-state index is 0.0881. The molecule has 3 heterocycles. The van der Waals surface area contributed by atoms with Crippen LogP contribution in [-0.4, -0.2) is 47.2 Å². The van der Waals surface area contributed by atoms with Crippen molar-refractivity contribution in [2.24, 2.45) is 7.05 Å². The maximum absolute atomic E-state index is 14.3. The highest BCUT2D eigenvalue weighted by Gasteiger charge is 2.40. The van der Waals surface area contributed by atoms with Crippen molar-refractivity contribution < 1.29 is 17.6 Å². The van der Waals surface area contributed by atoms with Gasteiger partial charge in [0, 0.05) is 37.6 Å². The number of carbonyl (C=O) groups is 1. The van der Waals surface area contributed by atoms with Gasteiger partial charge >= 0.3 is 0 Å². The molecule has 1 aliphatic carbocycles. The number of aromatic nitrogens is 1. The normalized spacial score (nSPS) is 18.6. The van der Waals surface area contributed by atoms with E-state index in [9.17, 15) is 13.2 Å². The van der Waals surface area contributed by atoms with Gasteiger partial charge in [0.1, 0.15) is 10.7 Å². The largest absolute Gasteiger partial charge is 0.468 e. The van der Waals surface area contributed by atoms with Gasteiger partial charge in [-0.25, -0.2) is 8.42 Å². The second-order valence-corrected chi connectivity index (χ2v) is 11.4. The Morgan fingerprint density at radius 1 is 1.03 bits per heavy atom. The number of sulfonamides is 1. The molecule has 8 heteroatoms. The summed E-state index contributed by atoms with van der Waals surface area (Å²) in [5.41, 5.74) is 1.67. The van der Waals surface area contributed by atoms with Gasteiger partial charge in [0.2, 0.25) is 10.0 Å². The molecule has 182 valence electrons. The van der Waals surface area contributed by atoms with Crippen LogP contribution in [-0.2, 0) is 23.6 Å². The summed E-state index contributed by atoms with van der Waals surface area (Å²) < 4.78 is 37.6. The summed E-state index contributed by atoms with van der Waals surface area (Å²) in [5, 5.41) is 0. The molecule has 0 radical (unpaired) electrons. The molecule has 1 saturated carbocycles. The molecule has 7 nitrogen and oxygen atoms in total. The van der Waals surface area contributed by atoms with Gasteiger partial charge < -0.3 is 13.9 Å². The number of nitrogens with zero attached hydrogens (tertiary/aromatic N) is 3. The fourth-order valence-corrected chi connectivity index (χ4v) is 7.51. The number of likely N-dealkylation sites (tertiary alicyclic amines) is 1. The van der Waals surface area contributed by atoms with Crippen LogP contribution in [0.1, 0.15) is 85.3 Å². The van der Waals surface area contributed by atoms with E-state index >= 15 is 0 Å². The van der Waals surface area contributed by atoms with Crippen LogP contribution in [0.15, 0.2) is 27.7 Å². The molecule has 0 aromatic carbocycles. The van der Waals surface area contributed by atoms with Gasteiger partial charge in [-0.1, -0.05) is 32.1 Å². The lowest BCUT2D eigenvalue weighted by Gasteiger charge is -2.33. The molecule has 0 bridgehead atoms. The minimum Gasteiger partial charge on any atom is -0.468 e. The second-order valence-electron chi connectivity index (χ2n) is 9.56. The third-order valence-corrected chi connectivity index (χ3v) is 9.53. The third kappa shape index (κ3) is 4.78. The van der Waals surface area contributed by atoms with E-state index in [-0.39, 0.29) is 23.4 Å². The van der Waals surface area contributed by atoms with Gasteiger partial charge in [0.15, 0.2) is 0 Å². The van der Waals surface area contributed by atoms with E-state index in [1.807, 2.05) is 36.4 Å². The molecule has 33 heavy (non-hydrogen) atoms. The molecule has 1 aliphatic heterocycles. The molecule has 4 rings (SSSR count). The molecule has 0 atom stereocenters. The summed E-state index contributed by atoms with van der Waals surface area (Å²) in [7, 11) is -2.08. The van der Waals surface area contributed by atoms with Crippen molar-refractivity contribution in [3.8, 4) is 0 Å². The van der Waals surface area contributed by atoms with Crippen LogP contribution in [0, 0.1) is 13.8 Å². The highest BCUT2D eigenvalue weighted by Crippen LogP contribution is 2.35. The third-order valence-electron chi connectivity index (χ3n) is 7.47. The van der Waals surface area contributed by atoms with Crippen LogP contribution in [0.5, 0.6) is 0 Å². The highest BCUT2D eigenvalue weighted by molar-refractivity contribution is 7.89. The van der Waals surface area contributed by atoms with Gasteiger partial charge in [-0.15, -0.1) is 0 Å². The SMILES string of the molecule is Cc1c(C(=O)N2CCCCCC2)c(S(=O)(=O)N(Cc2ccco2)C2CCCCC2)c(C)n1C. The Balaban J connectivity index is 1.79. The Kier molecular flexibility index (Phi) is 7.34. The molecule has 0 N–H and O–H groups in total. The lowest BCUT2D eigenvalue weighted by molar-refractivity contribution is 0.0757. The first kappa shape index (κ1) is 24.1. The predicted octanol–water partition coefficient (Wildman–Crippen LogP) is 4.77. The van der Waals surface area contributed by atoms with Crippen molar-refractivity contribution in [1.82, 2.24) is 13.8 Å². The Morgan fingerprint density at radius 3 is 2.27 bits per heavy atom. The number of carbonyl (C=O) groups excluding carboxylic acids is 1. The number of hydrogen-bond acceptors (Lipinski definition) is 4. The van der Waals surface area contributed by atoms with E-state index in [4.69, 9.17) is 4.42 Å². The minimum atomic E-state index is -3.93. The molecule has 2 aliphatic rings. The van der Waals surface area contributed by atoms with E-state index in [0.717, 1.165) is 57.8 Å². The summed E-state index contributed by atoms with van der Waals surface area (Å²) in [6, 6.07) is 3.51. The zero-order chi connectivity index (χ0) is 23.6. The molecule has 1 amide bonds. The lowest BCUT2D eigenvalue weighted by Crippen LogP contribution is -2.42. The first-order valence-corrected chi connectivity index (χ1v) is 13.8. The maximum atomic E-state index is 14.3. The number of furan rings is 1. The molecular formula is C25H37N3O4S. The summed E-state index contributed by atoms with van der Waals surface area (Å²) in [5.74, 6) is 0.466. The highest BCUT2D eigenvalue weighted by atomic mass is 32.2. The average Bonchev–Trinajstić information content (AvgIpc) is 3.29. The van der Waals surface area contributed by atoms with Crippen molar-refractivity contribution in [2.45, 2.75) is 89.1 Å². The van der Waals surface area contributed by atoms with Gasteiger partial charge in [0.25, 0.3) is 5.91 Å². The molecule has 2 aromatic heterocycles. The molecule has 1 saturated heterocycles. The van der Waals surface area contributed by atoms with Gasteiger partial charge in [-0.05, 0) is 51.7 Å². The van der Waals surface area contributed by atoms with Crippen LogP contribution in [0.3, 0.4) is 0 Å². The first-order valence-electron chi connectivity index (χ1n) is 12.3. The summed E-state index contributed by atoms with van der Waals surface area (Å²) in [4.78, 5) is 15.8. The number of amides is 1. The molecule has 0 unspecified atom stereocenters. The maximum Gasteiger partial charge on any atom is 0.257 e. The first-order chi connectivity index (χ1) is 15.8. The van der Waals surface area contributed by atoms with Crippen LogP contribution < -0.4 is 0 Å². The zero-order valence-corrected chi connectivity index (χ0v) is 21.0. The number of rotatable bonds is 6. The van der Waals surface area contributed by atoms with Crippen LogP contribution in [0.25, 0.3) is 0 Å². The monoisotopic (exact) mass is 475 g/mol. The van der Waals surface area contributed by atoms with E-state index in [2.05, 4.69) is 0 Å². The Labute approximate surface area is 197 Å². The van der Waals surface area contributed by atoms with Crippen molar-refractivity contribution in [2.75, 3.05) is 13.1 Å². The Bertz CT molecular complexity index is 1060. The van der Waals surface area contributed by atoms with E-state index < -0.39 is 10.0 Å². The van der Waals surface area contributed by atoms with Crippen molar-refractivity contribution in [3.05, 3.63) is 41.1 Å². The van der Waals surface area contributed by atoms with Crippen molar-refractivity contribution in [3.63, 3.8) is 0 Å². The van der Waals surface area contributed by atoms with Crippen LogP contribution in [0.4, 0.5) is 0 Å². The second kappa shape index (κ2) is 10.1. The standard InChI is InChI=1S/C25H37N3O4S/c1-19-23(25(29)27-15-9-4-5-10-16-27)24(20(2)26(19)3)33(30,31)28(18-22-14-11-17-32-22)21-12-7-6-8-13-21/h11,14,17,21H,4-10,12-13,15-16,18H2,1-3H3. The molecular weight excluding hydrogens is 438 g/mol. The topological polar surface area (TPSA) is 75.8 Å². The van der Waals surface area contributed by atoms with E-state index in [1.54, 1.807) is 16.6 Å². The van der Waals surface area contributed by atoms with Gasteiger partial charge in [-0.3, -0.25) is 4.79 Å². The zero-order valence-electron chi connectivity index (χ0n) is 20.2. The van der Waals surface area contributed by atoms with Gasteiger partial charge in [-0.2, -0.15) is 4.31 Å². The lowest BCUT2D eigenvalue weighted by atomic mass is 9.95. The van der Waals surface area contributed by atoms with Crippen molar-refractivity contribution >= 4 is 15.9 Å². The van der Waals surface area contributed by atoms with E-state index in [0.29, 0.717) is 35.8 Å². The fourth-order valence-electron chi connectivity index (χ4n) is 5.37. The molecule has 2 fully saturated rings. The summed E-state index contributed by atoms with van der Waals surface area (Å²) in [6.07, 6.45) is 10.6. The smallest absolute Gasteiger partial charge is 0.257 e. The summed E-state index contributed by atoms with van der Waals surface area (Å²) in [6.45, 7) is 5.22. The summed E-state index contributed by atoms with van der Waals surface area (Å²) >= 11 is 0. The predicted molar refractivity (Wildman–Crippen MR) is 128 cm³/mol. The number of hydrogen-bond donors (Lipinski definition) is 0. The average molecular weight is 476 g/mol. The fraction of sp³-hybridized carbons (Fsp3) is 0.640. The van der Waals surface area contributed by atoms with Gasteiger partial charge in [0.05, 0.1) is 18.4 Å².